The summed E-state index contributed by atoms with van der Waals surface area (Å²) in [6.45, 7) is 0. The van der Waals surface area contributed by atoms with Gasteiger partial charge in [0.2, 0.25) is 0 Å². The number of fused-ring (bicyclic) bond motifs is 1. The molecule has 0 aliphatic heterocycles. The van der Waals surface area contributed by atoms with Gasteiger partial charge in [0, 0.05) is 5.02 Å². The molecule has 0 saturated heterocycles. The van der Waals surface area contributed by atoms with Crippen molar-refractivity contribution in [1.29, 1.82) is 0 Å². The van der Waals surface area contributed by atoms with Crippen LogP contribution in [0.5, 0.6) is 0 Å². The van der Waals surface area contributed by atoms with Crippen LogP contribution >= 0.6 is 11.6 Å². The number of hydrogen-bond donors (Lipinski definition) is 4. The van der Waals surface area contributed by atoms with Gasteiger partial charge in [-0.05, 0) is 17.2 Å². The number of rotatable bonds is 0. The standard InChI is InChI=1S/C10H13ClN2O2/c11-5-3-1-2-4-6(5)8(13)10(15)9(14)7(4)12/h1-3,7-10,14-15H,12-13H2/t7-,8+,9+,10-/m0/s1. The van der Waals surface area contributed by atoms with Crippen molar-refractivity contribution in [2.45, 2.75) is 24.3 Å². The Morgan fingerprint density at radius 3 is 2.33 bits per heavy atom. The molecule has 82 valence electrons. The van der Waals surface area contributed by atoms with E-state index in [2.05, 4.69) is 0 Å². The van der Waals surface area contributed by atoms with Crippen molar-refractivity contribution in [3.05, 3.63) is 34.3 Å². The highest BCUT2D eigenvalue weighted by atomic mass is 35.5. The molecule has 15 heavy (non-hydrogen) atoms. The smallest absolute Gasteiger partial charge is 0.101 e. The number of hydrogen-bond acceptors (Lipinski definition) is 4. The first-order valence-electron chi connectivity index (χ1n) is 4.69. The van der Waals surface area contributed by atoms with Gasteiger partial charge >= 0.3 is 0 Å². The quantitative estimate of drug-likeness (QED) is 0.506. The molecule has 0 unspecified atom stereocenters. The molecule has 1 aromatic rings. The van der Waals surface area contributed by atoms with E-state index in [1.807, 2.05) is 0 Å². The van der Waals surface area contributed by atoms with Crippen LogP contribution in [0.4, 0.5) is 0 Å². The molecule has 0 amide bonds. The minimum absolute atomic E-state index is 0.474. The summed E-state index contributed by atoms with van der Waals surface area (Å²) in [5.41, 5.74) is 12.9. The lowest BCUT2D eigenvalue weighted by Gasteiger charge is -2.36. The zero-order chi connectivity index (χ0) is 11.2. The molecule has 0 spiro atoms. The fraction of sp³-hybridized carbons (Fsp3) is 0.400. The average Bonchev–Trinajstić information content (AvgIpc) is 2.23. The summed E-state index contributed by atoms with van der Waals surface area (Å²) in [5.74, 6) is 0. The summed E-state index contributed by atoms with van der Waals surface area (Å²) < 4.78 is 0. The van der Waals surface area contributed by atoms with Crippen molar-refractivity contribution in [2.75, 3.05) is 0 Å². The van der Waals surface area contributed by atoms with Crippen LogP contribution in [0, 0.1) is 0 Å². The summed E-state index contributed by atoms with van der Waals surface area (Å²) in [6.07, 6.45) is -2.13. The Morgan fingerprint density at radius 2 is 1.67 bits per heavy atom. The lowest BCUT2D eigenvalue weighted by molar-refractivity contribution is -0.0196. The van der Waals surface area contributed by atoms with E-state index in [1.54, 1.807) is 18.2 Å². The Hall–Kier alpha value is -0.650. The molecule has 2 rings (SSSR count). The molecule has 1 aliphatic carbocycles. The molecule has 0 saturated carbocycles. The van der Waals surface area contributed by atoms with Gasteiger partial charge in [-0.2, -0.15) is 0 Å². The van der Waals surface area contributed by atoms with Crippen LogP contribution in [-0.2, 0) is 0 Å². The minimum atomic E-state index is -1.08. The van der Waals surface area contributed by atoms with Crippen molar-refractivity contribution in [2.24, 2.45) is 11.5 Å². The highest BCUT2D eigenvalue weighted by Crippen LogP contribution is 2.37. The second-order valence-electron chi connectivity index (χ2n) is 3.78. The predicted octanol–water partition coefficient (Wildman–Crippen LogP) is 0.0750. The highest BCUT2D eigenvalue weighted by molar-refractivity contribution is 6.31. The van der Waals surface area contributed by atoms with Gasteiger partial charge in [-0.15, -0.1) is 0 Å². The number of aliphatic hydroxyl groups is 2. The SMILES string of the molecule is N[C@@H]1c2c(Cl)cccc2[C@H](N)[C@@H](O)[C@H]1O. The van der Waals surface area contributed by atoms with Crippen LogP contribution in [-0.4, -0.2) is 22.4 Å². The first-order valence-corrected chi connectivity index (χ1v) is 5.07. The van der Waals surface area contributed by atoms with Crippen LogP contribution in [0.15, 0.2) is 18.2 Å². The fourth-order valence-corrected chi connectivity index (χ4v) is 2.28. The molecule has 4 nitrogen and oxygen atoms in total. The van der Waals surface area contributed by atoms with Gasteiger partial charge in [0.25, 0.3) is 0 Å². The summed E-state index contributed by atoms with van der Waals surface area (Å²) in [6, 6.07) is 3.87. The Bertz CT molecular complexity index is 386. The van der Waals surface area contributed by atoms with E-state index in [0.29, 0.717) is 16.1 Å². The Labute approximate surface area is 92.5 Å². The Balaban J connectivity index is 2.59. The molecule has 0 bridgehead atoms. The zero-order valence-corrected chi connectivity index (χ0v) is 8.72. The van der Waals surface area contributed by atoms with Crippen LogP contribution in [0.2, 0.25) is 5.02 Å². The van der Waals surface area contributed by atoms with Crippen molar-refractivity contribution in [3.63, 3.8) is 0 Å². The van der Waals surface area contributed by atoms with Crippen molar-refractivity contribution >= 4 is 11.6 Å². The largest absolute Gasteiger partial charge is 0.388 e. The van der Waals surface area contributed by atoms with E-state index in [1.165, 1.54) is 0 Å². The molecule has 4 atom stereocenters. The maximum Gasteiger partial charge on any atom is 0.101 e. The molecule has 6 N–H and O–H groups in total. The van der Waals surface area contributed by atoms with Gasteiger partial charge in [-0.25, -0.2) is 0 Å². The van der Waals surface area contributed by atoms with Gasteiger partial charge in [0.1, 0.15) is 12.2 Å². The second kappa shape index (κ2) is 3.73. The number of benzene rings is 1. The summed E-state index contributed by atoms with van der Waals surface area (Å²) in [4.78, 5) is 0. The maximum atomic E-state index is 9.67. The number of nitrogens with two attached hydrogens (primary N) is 2. The lowest BCUT2D eigenvalue weighted by Crippen LogP contribution is -2.47. The molecule has 1 aromatic carbocycles. The summed E-state index contributed by atoms with van der Waals surface area (Å²) in [7, 11) is 0. The van der Waals surface area contributed by atoms with Gasteiger partial charge in [0.05, 0.1) is 12.1 Å². The van der Waals surface area contributed by atoms with Crippen molar-refractivity contribution in [3.8, 4) is 0 Å². The lowest BCUT2D eigenvalue weighted by atomic mass is 9.81. The highest BCUT2D eigenvalue weighted by Gasteiger charge is 2.38. The summed E-state index contributed by atoms with van der Waals surface area (Å²) >= 11 is 5.99. The molecular formula is C10H13ClN2O2. The molecular weight excluding hydrogens is 216 g/mol. The van der Waals surface area contributed by atoms with Crippen LogP contribution in [0.3, 0.4) is 0 Å². The first kappa shape index (κ1) is 10.9. The third kappa shape index (κ3) is 1.55. The zero-order valence-electron chi connectivity index (χ0n) is 7.97. The minimum Gasteiger partial charge on any atom is -0.388 e. The third-order valence-electron chi connectivity index (χ3n) is 2.86. The van der Waals surface area contributed by atoms with Gasteiger partial charge in [-0.1, -0.05) is 23.7 Å². The predicted molar refractivity (Wildman–Crippen MR) is 57.3 cm³/mol. The van der Waals surface area contributed by atoms with Crippen molar-refractivity contribution < 1.29 is 10.2 Å². The Kier molecular flexibility index (Phi) is 2.70. The van der Waals surface area contributed by atoms with Gasteiger partial charge < -0.3 is 21.7 Å². The molecule has 0 fully saturated rings. The van der Waals surface area contributed by atoms with E-state index >= 15 is 0 Å². The van der Waals surface area contributed by atoms with E-state index < -0.39 is 24.3 Å². The first-order chi connectivity index (χ1) is 7.04. The van der Waals surface area contributed by atoms with Crippen LogP contribution in [0.25, 0.3) is 0 Å². The van der Waals surface area contributed by atoms with E-state index in [9.17, 15) is 10.2 Å². The van der Waals surface area contributed by atoms with E-state index in [-0.39, 0.29) is 0 Å². The normalized spacial score (nSPS) is 35.0. The topological polar surface area (TPSA) is 92.5 Å². The third-order valence-corrected chi connectivity index (χ3v) is 3.19. The van der Waals surface area contributed by atoms with Gasteiger partial charge in [0.15, 0.2) is 0 Å². The Morgan fingerprint density at radius 1 is 1.07 bits per heavy atom. The molecule has 0 heterocycles. The second-order valence-corrected chi connectivity index (χ2v) is 4.18. The molecule has 5 heteroatoms. The molecule has 0 radical (unpaired) electrons. The monoisotopic (exact) mass is 228 g/mol. The fourth-order valence-electron chi connectivity index (χ4n) is 1.98. The van der Waals surface area contributed by atoms with Crippen molar-refractivity contribution in [1.82, 2.24) is 0 Å². The van der Waals surface area contributed by atoms with Crippen LogP contribution < -0.4 is 11.5 Å². The average molecular weight is 229 g/mol. The van der Waals surface area contributed by atoms with Gasteiger partial charge in [-0.3, -0.25) is 0 Å². The number of aliphatic hydroxyl groups excluding tert-OH is 2. The molecule has 0 aromatic heterocycles. The molecule has 1 aliphatic rings. The van der Waals surface area contributed by atoms with E-state index in [4.69, 9.17) is 23.1 Å². The van der Waals surface area contributed by atoms with E-state index in [0.717, 1.165) is 0 Å². The number of halogens is 1. The van der Waals surface area contributed by atoms with Crippen LogP contribution in [0.1, 0.15) is 23.2 Å². The maximum absolute atomic E-state index is 9.67. The summed E-state index contributed by atoms with van der Waals surface area (Å²) in [5, 5.41) is 19.8.